The second-order valence-corrected chi connectivity index (χ2v) is 1.37. The monoisotopic (exact) mass is 142 g/mol. The Labute approximate surface area is 57.7 Å². The van der Waals surface area contributed by atoms with Gasteiger partial charge in [0.25, 0.3) is 0 Å². The first-order valence-corrected chi connectivity index (χ1v) is 2.48. The number of allylic oxidation sites excluding steroid dienone is 1. The second kappa shape index (κ2) is 4.43. The molecular formula is C6H7FN2O. The van der Waals surface area contributed by atoms with Crippen molar-refractivity contribution in [3.8, 4) is 0 Å². The predicted octanol–water partition coefficient (Wildman–Crippen LogP) is 0.539. The summed E-state index contributed by atoms with van der Waals surface area (Å²) in [6.45, 7) is 3.15. The van der Waals surface area contributed by atoms with Crippen molar-refractivity contribution in [2.45, 2.75) is 0 Å². The third-order valence-corrected chi connectivity index (χ3v) is 0.600. The summed E-state index contributed by atoms with van der Waals surface area (Å²) in [6, 6.07) is 0. The lowest BCUT2D eigenvalue weighted by Gasteiger charge is -1.80. The van der Waals surface area contributed by atoms with E-state index in [4.69, 9.17) is 0 Å². The van der Waals surface area contributed by atoms with Crippen molar-refractivity contribution in [2.24, 2.45) is 10.7 Å². The minimum absolute atomic E-state index is 0.714. The van der Waals surface area contributed by atoms with E-state index in [2.05, 4.69) is 17.3 Å². The van der Waals surface area contributed by atoms with Gasteiger partial charge in [-0.2, -0.15) is 4.39 Å². The van der Waals surface area contributed by atoms with E-state index in [-0.39, 0.29) is 0 Å². The van der Waals surface area contributed by atoms with Gasteiger partial charge in [0, 0.05) is 12.3 Å². The second-order valence-electron chi connectivity index (χ2n) is 1.37. The van der Waals surface area contributed by atoms with E-state index in [0.717, 1.165) is 18.4 Å². The van der Waals surface area contributed by atoms with Crippen molar-refractivity contribution >= 4 is 11.9 Å². The topological polar surface area (TPSA) is 55.4 Å². The number of aliphatic imine (C=N–C) groups is 1. The van der Waals surface area contributed by atoms with Crippen molar-refractivity contribution in [1.82, 2.24) is 0 Å². The smallest absolute Gasteiger partial charge is 0.241 e. The number of nitrogens with two attached hydrogens (primary N) is 1. The Kier molecular flexibility index (Phi) is 3.79. The van der Waals surface area contributed by atoms with Crippen molar-refractivity contribution in [3.63, 3.8) is 0 Å². The minimum Gasteiger partial charge on any atom is -0.366 e. The number of hydrogen-bond donors (Lipinski definition) is 1. The van der Waals surface area contributed by atoms with E-state index < -0.39 is 11.9 Å². The van der Waals surface area contributed by atoms with Gasteiger partial charge in [0.2, 0.25) is 11.9 Å². The molecule has 54 valence electrons. The van der Waals surface area contributed by atoms with Gasteiger partial charge in [-0.1, -0.05) is 6.58 Å². The number of nitrogens with zero attached hydrogens (tertiary/aromatic N) is 1. The number of rotatable bonds is 3. The number of carbonyl (C=O) groups is 1. The summed E-state index contributed by atoms with van der Waals surface area (Å²) in [5.41, 5.74) is 4.66. The molecule has 4 heteroatoms. The zero-order valence-corrected chi connectivity index (χ0v) is 5.25. The molecule has 3 nitrogen and oxygen atoms in total. The molecule has 0 heterocycles. The molecule has 0 saturated carbocycles. The minimum atomic E-state index is -0.797. The highest BCUT2D eigenvalue weighted by molar-refractivity contribution is 5.95. The lowest BCUT2D eigenvalue weighted by molar-refractivity contribution is -0.113. The van der Waals surface area contributed by atoms with E-state index in [9.17, 15) is 9.18 Å². The van der Waals surface area contributed by atoms with Gasteiger partial charge in [-0.15, -0.1) is 0 Å². The van der Waals surface area contributed by atoms with Crippen LogP contribution in [0.2, 0.25) is 0 Å². The van der Waals surface area contributed by atoms with Gasteiger partial charge in [-0.05, 0) is 6.08 Å². The number of amides is 1. The highest BCUT2D eigenvalue weighted by Gasteiger charge is 1.87. The fourth-order valence-electron chi connectivity index (χ4n) is 0.281. The van der Waals surface area contributed by atoms with Crippen molar-refractivity contribution in [1.29, 1.82) is 0 Å². The van der Waals surface area contributed by atoms with Crippen molar-refractivity contribution in [3.05, 3.63) is 24.9 Å². The van der Waals surface area contributed by atoms with Gasteiger partial charge in [-0.25, -0.2) is 4.99 Å². The Morgan fingerprint density at radius 3 is 2.60 bits per heavy atom. The van der Waals surface area contributed by atoms with E-state index in [1.807, 2.05) is 0 Å². The molecule has 0 aromatic heterocycles. The zero-order valence-electron chi connectivity index (χ0n) is 5.25. The lowest BCUT2D eigenvalue weighted by atomic mass is 10.5. The Balaban J connectivity index is 4.01. The first kappa shape index (κ1) is 8.55. The summed E-state index contributed by atoms with van der Waals surface area (Å²) in [5, 5.41) is 0. The molecule has 1 amide bonds. The summed E-state index contributed by atoms with van der Waals surface area (Å²) >= 11 is 0. The predicted molar refractivity (Wildman–Crippen MR) is 37.1 cm³/mol. The van der Waals surface area contributed by atoms with Crippen LogP contribution < -0.4 is 5.73 Å². The molecule has 0 unspecified atom stereocenters. The van der Waals surface area contributed by atoms with Crippen LogP contribution in [0.5, 0.6) is 0 Å². The van der Waals surface area contributed by atoms with Crippen LogP contribution in [0.15, 0.2) is 29.9 Å². The largest absolute Gasteiger partial charge is 0.366 e. The van der Waals surface area contributed by atoms with Gasteiger partial charge < -0.3 is 5.73 Å². The highest BCUT2D eigenvalue weighted by Crippen LogP contribution is 1.83. The maximum atomic E-state index is 12.1. The normalized spacial score (nSPS) is 11.9. The molecule has 10 heavy (non-hydrogen) atoms. The first-order chi connectivity index (χ1) is 4.66. The SMILES string of the molecule is C=CN=C(F)/C=C/C(N)=O. The highest BCUT2D eigenvalue weighted by atomic mass is 19.1. The molecule has 0 atom stereocenters. The quantitative estimate of drug-likeness (QED) is 0.453. The molecule has 0 fully saturated rings. The number of hydrogen-bond acceptors (Lipinski definition) is 2. The molecule has 0 aromatic rings. The fourth-order valence-corrected chi connectivity index (χ4v) is 0.281. The molecule has 2 N–H and O–H groups in total. The van der Waals surface area contributed by atoms with Gasteiger partial charge in [0.1, 0.15) is 0 Å². The van der Waals surface area contributed by atoms with Gasteiger partial charge in [0.15, 0.2) is 0 Å². The molecule has 0 aliphatic carbocycles. The van der Waals surface area contributed by atoms with Crippen LogP contribution in [0, 0.1) is 0 Å². The standard InChI is InChI=1S/C6H7FN2O/c1-2-9-5(7)3-4-6(8)10/h2-4H,1H2,(H2,8,10)/b4-3+,9-5?. The Morgan fingerprint density at radius 2 is 2.20 bits per heavy atom. The average Bonchev–Trinajstić information content (AvgIpc) is 1.85. The van der Waals surface area contributed by atoms with Crippen LogP contribution in [-0.4, -0.2) is 11.9 Å². The maximum Gasteiger partial charge on any atom is 0.241 e. The van der Waals surface area contributed by atoms with Crippen molar-refractivity contribution in [2.75, 3.05) is 0 Å². The first-order valence-electron chi connectivity index (χ1n) is 2.48. The number of carbonyl (C=O) groups excluding carboxylic acids is 1. The fraction of sp³-hybridized carbons (Fsp3) is 0. The average molecular weight is 142 g/mol. The molecule has 0 rings (SSSR count). The number of primary amides is 1. The lowest BCUT2D eigenvalue weighted by Crippen LogP contribution is -2.05. The van der Waals surface area contributed by atoms with Crippen LogP contribution in [0.4, 0.5) is 4.39 Å². The van der Waals surface area contributed by atoms with Crippen molar-refractivity contribution < 1.29 is 9.18 Å². The third kappa shape index (κ3) is 4.70. The molecule has 0 saturated heterocycles. The molecule has 0 bridgehead atoms. The Bertz CT molecular complexity index is 196. The summed E-state index contributed by atoms with van der Waals surface area (Å²) in [7, 11) is 0. The van der Waals surface area contributed by atoms with Crippen LogP contribution in [0.3, 0.4) is 0 Å². The number of halogens is 1. The van der Waals surface area contributed by atoms with Crippen LogP contribution >= 0.6 is 0 Å². The summed E-state index contributed by atoms with van der Waals surface area (Å²) in [5.74, 6) is -1.51. The molecule has 0 aliphatic rings. The van der Waals surface area contributed by atoms with Gasteiger partial charge >= 0.3 is 0 Å². The Hall–Kier alpha value is -1.45. The molecular weight excluding hydrogens is 135 g/mol. The van der Waals surface area contributed by atoms with Crippen LogP contribution in [-0.2, 0) is 4.79 Å². The Morgan fingerprint density at radius 1 is 1.60 bits per heavy atom. The molecule has 0 aliphatic heterocycles. The summed E-state index contributed by atoms with van der Waals surface area (Å²) in [6.07, 6.45) is 2.77. The molecule has 0 radical (unpaired) electrons. The molecule has 0 spiro atoms. The zero-order chi connectivity index (χ0) is 7.98. The van der Waals surface area contributed by atoms with Gasteiger partial charge in [0.05, 0.1) is 0 Å². The molecule has 0 aromatic carbocycles. The maximum absolute atomic E-state index is 12.1. The van der Waals surface area contributed by atoms with Gasteiger partial charge in [-0.3, -0.25) is 4.79 Å². The summed E-state index contributed by atoms with van der Waals surface area (Å²) < 4.78 is 12.1. The van der Waals surface area contributed by atoms with Crippen LogP contribution in [0.25, 0.3) is 0 Å². The van der Waals surface area contributed by atoms with E-state index in [1.165, 1.54) is 0 Å². The van der Waals surface area contributed by atoms with E-state index in [0.29, 0.717) is 0 Å². The van der Waals surface area contributed by atoms with Crippen LogP contribution in [0.1, 0.15) is 0 Å². The van der Waals surface area contributed by atoms with E-state index >= 15 is 0 Å². The summed E-state index contributed by atoms with van der Waals surface area (Å²) in [4.78, 5) is 13.1. The van der Waals surface area contributed by atoms with E-state index in [1.54, 1.807) is 0 Å². The third-order valence-electron chi connectivity index (χ3n) is 0.600.